The zero-order valence-electron chi connectivity index (χ0n) is 11.4. The first-order valence-corrected chi connectivity index (χ1v) is 7.10. The summed E-state index contributed by atoms with van der Waals surface area (Å²) in [5.74, 6) is -0.827. The molecule has 0 aromatic carbocycles. The fraction of sp³-hybridized carbons (Fsp3) is 0.643. The van der Waals surface area contributed by atoms with Crippen molar-refractivity contribution >= 4 is 11.9 Å². The van der Waals surface area contributed by atoms with Gasteiger partial charge < -0.3 is 10.4 Å². The van der Waals surface area contributed by atoms with Crippen molar-refractivity contribution in [2.75, 3.05) is 0 Å². The molecule has 0 spiro atoms. The van der Waals surface area contributed by atoms with Gasteiger partial charge in [-0.25, -0.2) is 0 Å². The zero-order chi connectivity index (χ0) is 14.3. The second-order valence-electron chi connectivity index (χ2n) is 5.89. The molecule has 6 nitrogen and oxygen atoms in total. The first-order valence-electron chi connectivity index (χ1n) is 7.10. The van der Waals surface area contributed by atoms with E-state index in [4.69, 9.17) is 0 Å². The maximum absolute atomic E-state index is 12.3. The van der Waals surface area contributed by atoms with Crippen LogP contribution in [0.5, 0.6) is 0 Å². The van der Waals surface area contributed by atoms with Crippen molar-refractivity contribution in [2.24, 2.45) is 17.8 Å². The van der Waals surface area contributed by atoms with Gasteiger partial charge in [0.1, 0.15) is 6.04 Å². The first-order chi connectivity index (χ1) is 9.58. The molecule has 5 unspecified atom stereocenters. The minimum atomic E-state index is -0.783. The summed E-state index contributed by atoms with van der Waals surface area (Å²) >= 11 is 0. The number of aliphatic carboxylic acids is 1. The molecule has 2 aliphatic rings. The van der Waals surface area contributed by atoms with Crippen molar-refractivity contribution in [1.29, 1.82) is 0 Å². The highest BCUT2D eigenvalue weighted by atomic mass is 16.4. The van der Waals surface area contributed by atoms with E-state index in [1.165, 1.54) is 0 Å². The highest BCUT2D eigenvalue weighted by Gasteiger charge is 2.51. The summed E-state index contributed by atoms with van der Waals surface area (Å²) in [6.45, 7) is 1.77. The van der Waals surface area contributed by atoms with Crippen LogP contribution < -0.4 is 5.32 Å². The molecule has 1 aromatic rings. The van der Waals surface area contributed by atoms with E-state index in [-0.39, 0.29) is 17.9 Å². The molecule has 0 saturated heterocycles. The van der Waals surface area contributed by atoms with Crippen LogP contribution in [0.4, 0.5) is 0 Å². The second kappa shape index (κ2) is 4.92. The largest absolute Gasteiger partial charge is 0.481 e. The van der Waals surface area contributed by atoms with Gasteiger partial charge >= 0.3 is 5.97 Å². The Kier molecular flexibility index (Phi) is 3.23. The van der Waals surface area contributed by atoms with Crippen LogP contribution >= 0.6 is 0 Å². The molecule has 6 heteroatoms. The van der Waals surface area contributed by atoms with Gasteiger partial charge in [-0.2, -0.15) is 5.10 Å². The number of carboxylic acid groups (broad SMARTS) is 1. The first kappa shape index (κ1) is 13.1. The van der Waals surface area contributed by atoms with Gasteiger partial charge in [-0.3, -0.25) is 14.3 Å². The molecular formula is C14H19N3O3. The summed E-state index contributed by atoms with van der Waals surface area (Å²) in [6, 6.07) is 1.12. The second-order valence-corrected chi connectivity index (χ2v) is 5.89. The van der Waals surface area contributed by atoms with E-state index in [1.54, 1.807) is 30.1 Å². The number of aromatic nitrogens is 2. The van der Waals surface area contributed by atoms with Crippen molar-refractivity contribution in [3.8, 4) is 0 Å². The average Bonchev–Trinajstić information content (AvgIpc) is 3.13. The molecule has 108 valence electrons. The lowest BCUT2D eigenvalue weighted by Crippen LogP contribution is -2.48. The molecular weight excluding hydrogens is 258 g/mol. The smallest absolute Gasteiger partial charge is 0.308 e. The normalized spacial score (nSPS) is 33.0. The minimum absolute atomic E-state index is 0.155. The number of rotatable bonds is 4. The molecule has 2 bridgehead atoms. The third-order valence-corrected chi connectivity index (χ3v) is 4.81. The predicted molar refractivity (Wildman–Crippen MR) is 70.8 cm³/mol. The number of carbonyl (C=O) groups is 2. The minimum Gasteiger partial charge on any atom is -0.481 e. The molecule has 2 fully saturated rings. The average molecular weight is 277 g/mol. The lowest BCUT2D eigenvalue weighted by Gasteiger charge is -2.29. The number of nitrogens with zero attached hydrogens (tertiary/aromatic N) is 2. The van der Waals surface area contributed by atoms with E-state index in [2.05, 4.69) is 10.4 Å². The van der Waals surface area contributed by atoms with Gasteiger partial charge in [0.2, 0.25) is 5.91 Å². The molecule has 1 aromatic heterocycles. The maximum atomic E-state index is 12.3. The quantitative estimate of drug-likeness (QED) is 0.862. The van der Waals surface area contributed by atoms with E-state index in [0.717, 1.165) is 19.3 Å². The van der Waals surface area contributed by atoms with Crippen LogP contribution in [0.1, 0.15) is 32.2 Å². The number of nitrogens with one attached hydrogen (secondary N) is 1. The maximum Gasteiger partial charge on any atom is 0.308 e. The molecule has 2 N–H and O–H groups in total. The molecule has 1 amide bonds. The number of carboxylic acids is 1. The summed E-state index contributed by atoms with van der Waals surface area (Å²) in [5.41, 5.74) is 0. The number of hydrogen-bond acceptors (Lipinski definition) is 3. The van der Waals surface area contributed by atoms with E-state index in [0.29, 0.717) is 5.92 Å². The van der Waals surface area contributed by atoms with Gasteiger partial charge in [-0.05, 0) is 44.1 Å². The molecule has 3 rings (SSSR count). The van der Waals surface area contributed by atoms with Crippen molar-refractivity contribution in [2.45, 2.75) is 38.3 Å². The summed E-state index contributed by atoms with van der Waals surface area (Å²) < 4.78 is 1.58. The molecule has 1 heterocycles. The lowest BCUT2D eigenvalue weighted by atomic mass is 9.84. The Morgan fingerprint density at radius 2 is 2.15 bits per heavy atom. The molecule has 5 atom stereocenters. The highest BCUT2D eigenvalue weighted by molar-refractivity contribution is 5.81. The highest BCUT2D eigenvalue weighted by Crippen LogP contribution is 2.48. The Morgan fingerprint density at radius 1 is 1.40 bits per heavy atom. The van der Waals surface area contributed by atoms with Crippen LogP contribution in [0.3, 0.4) is 0 Å². The fourth-order valence-corrected chi connectivity index (χ4v) is 3.77. The van der Waals surface area contributed by atoms with Crippen LogP contribution in [0.25, 0.3) is 0 Å². The summed E-state index contributed by atoms with van der Waals surface area (Å²) in [4.78, 5) is 23.7. The Hall–Kier alpha value is -1.85. The van der Waals surface area contributed by atoms with Gasteiger partial charge in [0.25, 0.3) is 0 Å². The topological polar surface area (TPSA) is 84.2 Å². The van der Waals surface area contributed by atoms with Crippen LogP contribution in [0.15, 0.2) is 18.5 Å². The Morgan fingerprint density at radius 3 is 2.80 bits per heavy atom. The van der Waals surface area contributed by atoms with Crippen LogP contribution in [0.2, 0.25) is 0 Å². The van der Waals surface area contributed by atoms with Gasteiger partial charge in [-0.1, -0.05) is 0 Å². The summed E-state index contributed by atoms with van der Waals surface area (Å²) in [7, 11) is 0. The zero-order valence-corrected chi connectivity index (χ0v) is 11.4. The number of hydrogen-bond donors (Lipinski definition) is 2. The lowest BCUT2D eigenvalue weighted by molar-refractivity contribution is -0.144. The molecule has 2 saturated carbocycles. The van der Waals surface area contributed by atoms with Gasteiger partial charge in [0.05, 0.1) is 5.92 Å². The van der Waals surface area contributed by atoms with Gasteiger partial charge in [0.15, 0.2) is 0 Å². The van der Waals surface area contributed by atoms with E-state index in [9.17, 15) is 14.7 Å². The van der Waals surface area contributed by atoms with Crippen LogP contribution in [-0.4, -0.2) is 32.8 Å². The van der Waals surface area contributed by atoms with Gasteiger partial charge in [-0.15, -0.1) is 0 Å². The molecule has 0 aliphatic heterocycles. The van der Waals surface area contributed by atoms with E-state index >= 15 is 0 Å². The Balaban J connectivity index is 1.70. The SMILES string of the molecule is CC(C(=O)NC1C2CCC(C2)C1C(=O)O)n1cccn1. The monoisotopic (exact) mass is 277 g/mol. The van der Waals surface area contributed by atoms with Crippen molar-refractivity contribution in [3.05, 3.63) is 18.5 Å². The predicted octanol–water partition coefficient (Wildman–Crippen LogP) is 1.06. The molecule has 2 aliphatic carbocycles. The van der Waals surface area contributed by atoms with Crippen LogP contribution in [0, 0.1) is 17.8 Å². The van der Waals surface area contributed by atoms with Crippen molar-refractivity contribution in [3.63, 3.8) is 0 Å². The fourth-order valence-electron chi connectivity index (χ4n) is 3.77. The standard InChI is InChI=1S/C14H19N3O3/c1-8(17-6-2-5-15-17)13(18)16-12-10-4-3-9(7-10)11(12)14(19)20/h2,5-6,8-12H,3-4,7H2,1H3,(H,16,18)(H,19,20). The van der Waals surface area contributed by atoms with Crippen molar-refractivity contribution < 1.29 is 14.7 Å². The number of carbonyl (C=O) groups excluding carboxylic acids is 1. The van der Waals surface area contributed by atoms with Crippen molar-refractivity contribution in [1.82, 2.24) is 15.1 Å². The number of amides is 1. The third kappa shape index (κ3) is 2.09. The van der Waals surface area contributed by atoms with Crippen LogP contribution in [-0.2, 0) is 9.59 Å². The Bertz CT molecular complexity index is 514. The van der Waals surface area contributed by atoms with E-state index < -0.39 is 17.9 Å². The molecule has 0 radical (unpaired) electrons. The molecule has 20 heavy (non-hydrogen) atoms. The summed E-state index contributed by atoms with van der Waals surface area (Å²) in [5, 5.41) is 16.4. The van der Waals surface area contributed by atoms with Gasteiger partial charge in [0, 0.05) is 18.4 Å². The van der Waals surface area contributed by atoms with E-state index in [1.807, 2.05) is 0 Å². The number of fused-ring (bicyclic) bond motifs is 2. The third-order valence-electron chi connectivity index (χ3n) is 4.81. The summed E-state index contributed by atoms with van der Waals surface area (Å²) in [6.07, 6.45) is 6.29. The Labute approximate surface area is 117 Å².